The standard InChI is InChI=1S/C15H22N2O3/c1-10-6-11(2)13(16)7-12(10)14(18)17-8-15(19-3)4-5-20-9-15/h6-7H,4-5,8-9,16H2,1-3H3,(H,17,18). The lowest BCUT2D eigenvalue weighted by Crippen LogP contribution is -2.45. The van der Waals surface area contributed by atoms with E-state index in [4.69, 9.17) is 15.2 Å². The van der Waals surface area contributed by atoms with Crippen LogP contribution in [0.15, 0.2) is 12.1 Å². The van der Waals surface area contributed by atoms with E-state index in [1.54, 1.807) is 13.2 Å². The monoisotopic (exact) mass is 278 g/mol. The highest BCUT2D eigenvalue weighted by Gasteiger charge is 2.35. The number of methoxy groups -OCH3 is 1. The molecule has 110 valence electrons. The van der Waals surface area contributed by atoms with Gasteiger partial charge in [-0.25, -0.2) is 0 Å². The zero-order chi connectivity index (χ0) is 14.8. The zero-order valence-corrected chi connectivity index (χ0v) is 12.3. The molecule has 1 fully saturated rings. The number of aryl methyl sites for hydroxylation is 2. The van der Waals surface area contributed by atoms with E-state index in [9.17, 15) is 4.79 Å². The summed E-state index contributed by atoms with van der Waals surface area (Å²) in [4.78, 5) is 12.3. The van der Waals surface area contributed by atoms with E-state index in [1.165, 1.54) is 0 Å². The molecule has 1 aromatic rings. The molecule has 0 radical (unpaired) electrons. The summed E-state index contributed by atoms with van der Waals surface area (Å²) in [6, 6.07) is 3.65. The van der Waals surface area contributed by atoms with Crippen LogP contribution >= 0.6 is 0 Å². The Morgan fingerprint density at radius 2 is 2.20 bits per heavy atom. The van der Waals surface area contributed by atoms with Gasteiger partial charge in [0.05, 0.1) is 6.61 Å². The lowest BCUT2D eigenvalue weighted by molar-refractivity contribution is -0.0148. The zero-order valence-electron chi connectivity index (χ0n) is 12.3. The van der Waals surface area contributed by atoms with Crippen molar-refractivity contribution >= 4 is 11.6 Å². The first-order chi connectivity index (χ1) is 9.47. The Morgan fingerprint density at radius 1 is 1.45 bits per heavy atom. The number of nitrogens with two attached hydrogens (primary N) is 1. The average molecular weight is 278 g/mol. The van der Waals surface area contributed by atoms with E-state index >= 15 is 0 Å². The lowest BCUT2D eigenvalue weighted by Gasteiger charge is -2.26. The lowest BCUT2D eigenvalue weighted by atomic mass is 10.0. The maximum Gasteiger partial charge on any atom is 0.251 e. The molecule has 1 atom stereocenters. The number of nitrogen functional groups attached to an aromatic ring is 1. The number of ether oxygens (including phenoxy) is 2. The van der Waals surface area contributed by atoms with Gasteiger partial charge in [0.15, 0.2) is 0 Å². The Morgan fingerprint density at radius 3 is 2.80 bits per heavy atom. The minimum atomic E-state index is -0.403. The molecular formula is C15H22N2O3. The van der Waals surface area contributed by atoms with Crippen molar-refractivity contribution < 1.29 is 14.3 Å². The molecular weight excluding hydrogens is 256 g/mol. The van der Waals surface area contributed by atoms with Crippen molar-refractivity contribution in [3.8, 4) is 0 Å². The van der Waals surface area contributed by atoms with Crippen LogP contribution in [0.2, 0.25) is 0 Å². The topological polar surface area (TPSA) is 73.6 Å². The summed E-state index contributed by atoms with van der Waals surface area (Å²) < 4.78 is 10.8. The predicted molar refractivity (Wildman–Crippen MR) is 77.8 cm³/mol. The van der Waals surface area contributed by atoms with E-state index in [2.05, 4.69) is 5.32 Å². The third-order valence-electron chi connectivity index (χ3n) is 3.93. The molecule has 0 bridgehead atoms. The molecule has 20 heavy (non-hydrogen) atoms. The average Bonchev–Trinajstić information content (AvgIpc) is 2.90. The van der Waals surface area contributed by atoms with Gasteiger partial charge in [-0.3, -0.25) is 4.79 Å². The van der Waals surface area contributed by atoms with Crippen molar-refractivity contribution in [2.75, 3.05) is 32.6 Å². The van der Waals surface area contributed by atoms with Crippen molar-refractivity contribution in [3.05, 3.63) is 28.8 Å². The van der Waals surface area contributed by atoms with Gasteiger partial charge in [0.1, 0.15) is 5.60 Å². The molecule has 1 aliphatic heterocycles. The Balaban J connectivity index is 2.07. The van der Waals surface area contributed by atoms with Crippen LogP contribution in [-0.4, -0.2) is 38.4 Å². The normalized spacial score (nSPS) is 21.9. The number of nitrogens with one attached hydrogen (secondary N) is 1. The number of rotatable bonds is 4. The Hall–Kier alpha value is -1.59. The van der Waals surface area contributed by atoms with Crippen molar-refractivity contribution in [2.24, 2.45) is 0 Å². The fourth-order valence-corrected chi connectivity index (χ4v) is 2.41. The van der Waals surface area contributed by atoms with Crippen LogP contribution in [-0.2, 0) is 9.47 Å². The number of hydrogen-bond donors (Lipinski definition) is 2. The molecule has 3 N–H and O–H groups in total. The van der Waals surface area contributed by atoms with E-state index in [1.807, 2.05) is 19.9 Å². The number of hydrogen-bond acceptors (Lipinski definition) is 4. The van der Waals surface area contributed by atoms with Gasteiger partial charge in [0.25, 0.3) is 5.91 Å². The molecule has 5 nitrogen and oxygen atoms in total. The summed E-state index contributed by atoms with van der Waals surface area (Å²) in [5, 5.41) is 2.92. The molecule has 1 saturated heterocycles. The summed E-state index contributed by atoms with van der Waals surface area (Å²) >= 11 is 0. The smallest absolute Gasteiger partial charge is 0.251 e. The molecule has 0 spiro atoms. The van der Waals surface area contributed by atoms with Gasteiger partial charge in [0.2, 0.25) is 0 Å². The van der Waals surface area contributed by atoms with Gasteiger partial charge >= 0.3 is 0 Å². The van der Waals surface area contributed by atoms with E-state index in [0.717, 1.165) is 17.5 Å². The van der Waals surface area contributed by atoms with Gasteiger partial charge in [-0.2, -0.15) is 0 Å². The summed E-state index contributed by atoms with van der Waals surface area (Å²) in [6.07, 6.45) is 0.790. The van der Waals surface area contributed by atoms with Crippen LogP contribution in [0.4, 0.5) is 5.69 Å². The summed E-state index contributed by atoms with van der Waals surface area (Å²) in [5.74, 6) is -0.127. The Kier molecular flexibility index (Phi) is 4.30. The van der Waals surface area contributed by atoms with Crippen LogP contribution in [0, 0.1) is 13.8 Å². The largest absolute Gasteiger partial charge is 0.398 e. The second-order valence-corrected chi connectivity index (χ2v) is 5.40. The van der Waals surface area contributed by atoms with Crippen molar-refractivity contribution in [3.63, 3.8) is 0 Å². The highest BCUT2D eigenvalue weighted by Crippen LogP contribution is 2.22. The molecule has 1 amide bonds. The molecule has 2 rings (SSSR count). The number of benzene rings is 1. The maximum absolute atomic E-state index is 12.3. The number of carbonyl (C=O) groups excluding carboxylic acids is 1. The van der Waals surface area contributed by atoms with Crippen molar-refractivity contribution in [2.45, 2.75) is 25.9 Å². The van der Waals surface area contributed by atoms with Crippen molar-refractivity contribution in [1.82, 2.24) is 5.32 Å². The SMILES string of the molecule is COC1(CNC(=O)c2cc(N)c(C)cc2C)CCOC1. The maximum atomic E-state index is 12.3. The van der Waals surface area contributed by atoms with Gasteiger partial charge in [0, 0.05) is 37.9 Å². The molecule has 0 aromatic heterocycles. The third-order valence-corrected chi connectivity index (χ3v) is 3.93. The van der Waals surface area contributed by atoms with E-state index in [-0.39, 0.29) is 5.91 Å². The molecule has 0 aliphatic carbocycles. The first-order valence-corrected chi connectivity index (χ1v) is 6.75. The second-order valence-electron chi connectivity index (χ2n) is 5.40. The van der Waals surface area contributed by atoms with E-state index < -0.39 is 5.60 Å². The third kappa shape index (κ3) is 2.94. The molecule has 1 aliphatic rings. The molecule has 1 heterocycles. The minimum Gasteiger partial charge on any atom is -0.398 e. The quantitative estimate of drug-likeness (QED) is 0.817. The number of amides is 1. The first-order valence-electron chi connectivity index (χ1n) is 6.75. The fraction of sp³-hybridized carbons (Fsp3) is 0.533. The van der Waals surface area contributed by atoms with Crippen LogP contribution in [0.5, 0.6) is 0 Å². The van der Waals surface area contributed by atoms with Gasteiger partial charge in [-0.1, -0.05) is 6.07 Å². The van der Waals surface area contributed by atoms with Crippen molar-refractivity contribution in [1.29, 1.82) is 0 Å². The summed E-state index contributed by atoms with van der Waals surface area (Å²) in [6.45, 7) is 5.46. The molecule has 5 heteroatoms. The van der Waals surface area contributed by atoms with Crippen LogP contribution in [0.1, 0.15) is 27.9 Å². The van der Waals surface area contributed by atoms with E-state index in [0.29, 0.717) is 31.0 Å². The molecule has 0 saturated carbocycles. The van der Waals surface area contributed by atoms with Crippen LogP contribution in [0.3, 0.4) is 0 Å². The highest BCUT2D eigenvalue weighted by molar-refractivity contribution is 5.96. The second kappa shape index (κ2) is 5.81. The molecule has 1 unspecified atom stereocenters. The molecule has 1 aromatic carbocycles. The Bertz CT molecular complexity index is 508. The Labute approximate surface area is 119 Å². The van der Waals surface area contributed by atoms with Crippen LogP contribution in [0.25, 0.3) is 0 Å². The fourth-order valence-electron chi connectivity index (χ4n) is 2.41. The predicted octanol–water partition coefficient (Wildman–Crippen LogP) is 1.42. The van der Waals surface area contributed by atoms with Gasteiger partial charge in [-0.15, -0.1) is 0 Å². The minimum absolute atomic E-state index is 0.127. The van der Waals surface area contributed by atoms with Gasteiger partial charge in [-0.05, 0) is 31.0 Å². The number of carbonyl (C=O) groups is 1. The summed E-state index contributed by atoms with van der Waals surface area (Å²) in [5.41, 5.74) is 8.61. The number of anilines is 1. The van der Waals surface area contributed by atoms with Crippen LogP contribution < -0.4 is 11.1 Å². The highest BCUT2D eigenvalue weighted by atomic mass is 16.5. The van der Waals surface area contributed by atoms with Gasteiger partial charge < -0.3 is 20.5 Å². The first kappa shape index (κ1) is 14.8. The summed E-state index contributed by atoms with van der Waals surface area (Å²) in [7, 11) is 1.65.